The summed E-state index contributed by atoms with van der Waals surface area (Å²) in [5, 5.41) is 0.438. The van der Waals surface area contributed by atoms with E-state index in [1.807, 2.05) is 0 Å². The van der Waals surface area contributed by atoms with Crippen LogP contribution in [0.1, 0.15) is 17.3 Å². The molecule has 2 aromatic carbocycles. The molecule has 0 amide bonds. The second-order valence-corrected chi connectivity index (χ2v) is 4.72. The van der Waals surface area contributed by atoms with Gasteiger partial charge in [-0.25, -0.2) is 9.36 Å². The topological polar surface area (TPSA) is 71.9 Å². The fourth-order valence-electron chi connectivity index (χ4n) is 2.24. The smallest absolute Gasteiger partial charge is 0.306 e. The number of carbonyl (C=O) groups is 1. The van der Waals surface area contributed by atoms with Crippen LogP contribution >= 0.6 is 0 Å². The summed E-state index contributed by atoms with van der Waals surface area (Å²) < 4.78 is 1.06. The number of benzene rings is 2. The predicted octanol–water partition coefficient (Wildman–Crippen LogP) is 1.88. The van der Waals surface area contributed by atoms with Crippen LogP contribution in [0.25, 0.3) is 16.6 Å². The van der Waals surface area contributed by atoms with Crippen LogP contribution in [0.15, 0.2) is 58.1 Å². The molecule has 21 heavy (non-hydrogen) atoms. The van der Waals surface area contributed by atoms with Crippen molar-refractivity contribution in [3.8, 4) is 5.69 Å². The number of nitrogens with one attached hydrogen (secondary N) is 1. The first-order valence-corrected chi connectivity index (χ1v) is 6.43. The first-order valence-electron chi connectivity index (χ1n) is 6.43. The number of nitrogens with zero attached hydrogens (tertiary/aromatic N) is 1. The summed E-state index contributed by atoms with van der Waals surface area (Å²) in [5.41, 5.74) is 0.573. The number of aromatic nitrogens is 2. The summed E-state index contributed by atoms with van der Waals surface area (Å²) >= 11 is 0. The lowest BCUT2D eigenvalue weighted by atomic mass is 10.1. The molecule has 1 heterocycles. The lowest BCUT2D eigenvalue weighted by Crippen LogP contribution is -2.33. The molecule has 0 spiro atoms. The van der Waals surface area contributed by atoms with Crippen molar-refractivity contribution in [3.63, 3.8) is 0 Å². The standard InChI is InChI=1S/C16H12N2O3/c1-10(19)11-6-8-12(9-7-11)18-15(20)13-4-2-3-5-14(13)17-16(18)21/h2-9H,1H3,(H,17,21). The van der Waals surface area contributed by atoms with Gasteiger partial charge in [-0.2, -0.15) is 0 Å². The normalized spacial score (nSPS) is 10.7. The van der Waals surface area contributed by atoms with Crippen molar-refractivity contribution in [1.29, 1.82) is 0 Å². The van der Waals surface area contributed by atoms with Crippen LogP contribution in [0.4, 0.5) is 0 Å². The molecule has 0 bridgehead atoms. The van der Waals surface area contributed by atoms with Gasteiger partial charge in [0.1, 0.15) is 0 Å². The molecule has 0 fully saturated rings. The highest BCUT2D eigenvalue weighted by atomic mass is 16.2. The Morgan fingerprint density at radius 3 is 2.33 bits per heavy atom. The maximum atomic E-state index is 12.4. The molecule has 3 rings (SSSR count). The molecule has 0 atom stereocenters. The van der Waals surface area contributed by atoms with E-state index in [1.165, 1.54) is 6.92 Å². The quantitative estimate of drug-likeness (QED) is 0.728. The van der Waals surface area contributed by atoms with Crippen molar-refractivity contribution in [2.45, 2.75) is 6.92 Å². The molecule has 5 nitrogen and oxygen atoms in total. The molecule has 0 aliphatic heterocycles. The Morgan fingerprint density at radius 2 is 1.67 bits per heavy atom. The fraction of sp³-hybridized carbons (Fsp3) is 0.0625. The Hall–Kier alpha value is -2.95. The van der Waals surface area contributed by atoms with Crippen LogP contribution in [0.5, 0.6) is 0 Å². The SMILES string of the molecule is CC(=O)c1ccc(-n2c(=O)[nH]c3ccccc3c2=O)cc1. The van der Waals surface area contributed by atoms with Gasteiger partial charge in [0.05, 0.1) is 16.6 Å². The largest absolute Gasteiger partial charge is 0.333 e. The summed E-state index contributed by atoms with van der Waals surface area (Å²) in [6.07, 6.45) is 0. The summed E-state index contributed by atoms with van der Waals surface area (Å²) in [6.45, 7) is 1.46. The number of rotatable bonds is 2. The molecule has 5 heteroatoms. The molecule has 0 radical (unpaired) electrons. The molecule has 0 aliphatic rings. The van der Waals surface area contributed by atoms with E-state index < -0.39 is 5.69 Å². The average molecular weight is 280 g/mol. The molecule has 0 saturated carbocycles. The maximum absolute atomic E-state index is 12.4. The molecule has 1 N–H and O–H groups in total. The van der Waals surface area contributed by atoms with Gasteiger partial charge in [0.25, 0.3) is 5.56 Å². The summed E-state index contributed by atoms with van der Waals surface area (Å²) in [6, 6.07) is 13.2. The molecule has 0 unspecified atom stereocenters. The number of carbonyl (C=O) groups excluding carboxylic acids is 1. The van der Waals surface area contributed by atoms with Crippen molar-refractivity contribution >= 4 is 16.7 Å². The molecule has 0 aliphatic carbocycles. The zero-order valence-corrected chi connectivity index (χ0v) is 11.3. The minimum Gasteiger partial charge on any atom is -0.306 e. The van der Waals surface area contributed by atoms with Crippen molar-refractivity contribution < 1.29 is 4.79 Å². The van der Waals surface area contributed by atoms with Crippen molar-refractivity contribution in [3.05, 3.63) is 74.9 Å². The third-order valence-corrected chi connectivity index (χ3v) is 3.34. The van der Waals surface area contributed by atoms with Crippen LogP contribution < -0.4 is 11.2 Å². The highest BCUT2D eigenvalue weighted by Crippen LogP contribution is 2.09. The Kier molecular flexibility index (Phi) is 3.02. The van der Waals surface area contributed by atoms with Crippen LogP contribution in [0, 0.1) is 0 Å². The van der Waals surface area contributed by atoms with Crippen LogP contribution in [0.2, 0.25) is 0 Å². The van der Waals surface area contributed by atoms with Gasteiger partial charge in [0, 0.05) is 5.56 Å². The van der Waals surface area contributed by atoms with Crippen molar-refractivity contribution in [2.24, 2.45) is 0 Å². The Bertz CT molecular complexity index is 950. The number of Topliss-reactive ketones (excluding diaryl/α,β-unsaturated/α-hetero) is 1. The van der Waals surface area contributed by atoms with Gasteiger partial charge in [0.2, 0.25) is 0 Å². The van der Waals surface area contributed by atoms with E-state index in [-0.39, 0.29) is 11.3 Å². The van der Waals surface area contributed by atoms with Crippen LogP contribution in [-0.2, 0) is 0 Å². The predicted molar refractivity (Wildman–Crippen MR) is 80.2 cm³/mol. The number of H-pyrrole nitrogens is 1. The van der Waals surface area contributed by atoms with E-state index in [0.717, 1.165) is 4.57 Å². The first kappa shape index (κ1) is 13.1. The van der Waals surface area contributed by atoms with E-state index in [0.29, 0.717) is 22.2 Å². The molecule has 3 aromatic rings. The monoisotopic (exact) mass is 280 g/mol. The van der Waals surface area contributed by atoms with E-state index >= 15 is 0 Å². The van der Waals surface area contributed by atoms with E-state index in [9.17, 15) is 14.4 Å². The van der Waals surface area contributed by atoms with E-state index in [2.05, 4.69) is 4.98 Å². The van der Waals surface area contributed by atoms with Crippen LogP contribution in [0.3, 0.4) is 0 Å². The summed E-state index contributed by atoms with van der Waals surface area (Å²) in [4.78, 5) is 38.5. The number of aromatic amines is 1. The molecular weight excluding hydrogens is 268 g/mol. The Balaban J connectivity index is 2.27. The minimum atomic E-state index is -0.505. The van der Waals surface area contributed by atoms with Gasteiger partial charge in [-0.3, -0.25) is 9.59 Å². The number of fused-ring (bicyclic) bond motifs is 1. The lowest BCUT2D eigenvalue weighted by Gasteiger charge is -2.06. The van der Waals surface area contributed by atoms with E-state index in [4.69, 9.17) is 0 Å². The van der Waals surface area contributed by atoms with Gasteiger partial charge < -0.3 is 4.98 Å². The Labute approximate surface area is 119 Å². The van der Waals surface area contributed by atoms with E-state index in [1.54, 1.807) is 48.5 Å². The highest BCUT2D eigenvalue weighted by molar-refractivity contribution is 5.94. The van der Waals surface area contributed by atoms with Gasteiger partial charge >= 0.3 is 5.69 Å². The number of hydrogen-bond donors (Lipinski definition) is 1. The average Bonchev–Trinajstić information content (AvgIpc) is 2.48. The summed E-state index contributed by atoms with van der Waals surface area (Å²) in [7, 11) is 0. The second kappa shape index (κ2) is 4.86. The minimum absolute atomic E-state index is 0.0682. The molecule has 1 aromatic heterocycles. The van der Waals surface area contributed by atoms with Crippen molar-refractivity contribution in [2.75, 3.05) is 0 Å². The molecular formula is C16H12N2O3. The third-order valence-electron chi connectivity index (χ3n) is 3.34. The highest BCUT2D eigenvalue weighted by Gasteiger charge is 2.09. The van der Waals surface area contributed by atoms with Gasteiger partial charge in [-0.05, 0) is 43.3 Å². The van der Waals surface area contributed by atoms with Crippen molar-refractivity contribution in [1.82, 2.24) is 9.55 Å². The number of para-hydroxylation sites is 1. The summed E-state index contributed by atoms with van der Waals surface area (Å²) in [5.74, 6) is -0.0682. The maximum Gasteiger partial charge on any atom is 0.333 e. The zero-order valence-electron chi connectivity index (χ0n) is 11.3. The van der Waals surface area contributed by atoms with Gasteiger partial charge in [-0.15, -0.1) is 0 Å². The molecule has 0 saturated heterocycles. The van der Waals surface area contributed by atoms with Gasteiger partial charge in [0.15, 0.2) is 5.78 Å². The number of hydrogen-bond acceptors (Lipinski definition) is 3. The lowest BCUT2D eigenvalue weighted by molar-refractivity contribution is 0.101. The third kappa shape index (κ3) is 2.18. The second-order valence-electron chi connectivity index (χ2n) is 4.72. The van der Waals surface area contributed by atoms with Crippen LogP contribution in [-0.4, -0.2) is 15.3 Å². The number of ketones is 1. The first-order chi connectivity index (χ1) is 10.1. The Morgan fingerprint density at radius 1 is 1.00 bits per heavy atom. The zero-order chi connectivity index (χ0) is 15.0. The molecule has 104 valence electrons. The van der Waals surface area contributed by atoms with Gasteiger partial charge in [-0.1, -0.05) is 12.1 Å². The fourth-order valence-corrected chi connectivity index (χ4v) is 2.24.